The minimum Gasteiger partial charge on any atom is -0.504 e. The summed E-state index contributed by atoms with van der Waals surface area (Å²) >= 11 is 0. The Morgan fingerprint density at radius 1 is 0.826 bits per heavy atom. The van der Waals surface area contributed by atoms with Crippen LogP contribution in [0.2, 0.25) is 0 Å². The molecule has 2 aromatic carbocycles. The van der Waals surface area contributed by atoms with E-state index in [-0.39, 0.29) is 35.8 Å². The molecule has 0 saturated carbocycles. The number of phenolic OH excluding ortho intramolecular Hbond substituents is 3. The molecule has 0 fully saturated rings. The van der Waals surface area contributed by atoms with Gasteiger partial charge in [0.2, 0.25) is 0 Å². The first-order valence-electron chi connectivity index (χ1n) is 6.60. The fourth-order valence-electron chi connectivity index (χ4n) is 1.94. The van der Waals surface area contributed by atoms with Crippen LogP contribution in [0.3, 0.4) is 0 Å². The Labute approximate surface area is 131 Å². The van der Waals surface area contributed by atoms with Gasteiger partial charge in [-0.3, -0.25) is 9.59 Å². The van der Waals surface area contributed by atoms with Crippen LogP contribution < -0.4 is 4.74 Å². The van der Waals surface area contributed by atoms with Crippen molar-refractivity contribution in [3.63, 3.8) is 0 Å². The van der Waals surface area contributed by atoms with Crippen LogP contribution in [0.1, 0.15) is 11.1 Å². The molecule has 0 aliphatic heterocycles. The van der Waals surface area contributed by atoms with Gasteiger partial charge < -0.3 is 25.2 Å². The van der Waals surface area contributed by atoms with Crippen LogP contribution >= 0.6 is 0 Å². The molecular formula is C16H14O7. The largest absolute Gasteiger partial charge is 0.504 e. The lowest BCUT2D eigenvalue weighted by molar-refractivity contribution is -0.136. The van der Waals surface area contributed by atoms with E-state index in [2.05, 4.69) is 0 Å². The molecule has 23 heavy (non-hydrogen) atoms. The van der Waals surface area contributed by atoms with Gasteiger partial charge in [-0.05, 0) is 35.4 Å². The van der Waals surface area contributed by atoms with E-state index < -0.39 is 11.9 Å². The van der Waals surface area contributed by atoms with Crippen LogP contribution in [0.5, 0.6) is 23.0 Å². The molecule has 7 nitrogen and oxygen atoms in total. The summed E-state index contributed by atoms with van der Waals surface area (Å²) in [5, 5.41) is 37.0. The van der Waals surface area contributed by atoms with Crippen LogP contribution in [0, 0.1) is 0 Å². The number of phenols is 3. The summed E-state index contributed by atoms with van der Waals surface area (Å²) in [4.78, 5) is 22.4. The second-order valence-electron chi connectivity index (χ2n) is 4.85. The first-order chi connectivity index (χ1) is 10.8. The highest BCUT2D eigenvalue weighted by atomic mass is 16.5. The van der Waals surface area contributed by atoms with Crippen LogP contribution in [0.15, 0.2) is 36.4 Å². The smallest absolute Gasteiger partial charge is 0.315 e. The van der Waals surface area contributed by atoms with Gasteiger partial charge in [0, 0.05) is 0 Å². The van der Waals surface area contributed by atoms with Crippen molar-refractivity contribution in [3.8, 4) is 23.0 Å². The molecule has 120 valence electrons. The molecule has 0 bridgehead atoms. The number of carbonyl (C=O) groups is 2. The summed E-state index contributed by atoms with van der Waals surface area (Å²) in [6.45, 7) is 0. The standard InChI is InChI=1S/C16H14O7/c17-11-3-1-10(5-12(11)18)8-16(22)23-14-4-2-9(6-13(14)19)7-15(20)21/h1-6,17-19H,7-8H2,(H,20,21). The molecule has 2 rings (SSSR count). The Hall–Kier alpha value is -3.22. The number of esters is 1. The van der Waals surface area contributed by atoms with Crippen molar-refractivity contribution >= 4 is 11.9 Å². The number of ether oxygens (including phenoxy) is 1. The zero-order valence-electron chi connectivity index (χ0n) is 11.9. The number of hydrogen-bond donors (Lipinski definition) is 4. The molecule has 0 saturated heterocycles. The maximum atomic E-state index is 11.8. The van der Waals surface area contributed by atoms with E-state index in [0.29, 0.717) is 11.1 Å². The van der Waals surface area contributed by atoms with Crippen molar-refractivity contribution in [3.05, 3.63) is 47.5 Å². The SMILES string of the molecule is O=C(O)Cc1ccc(OC(=O)Cc2ccc(O)c(O)c2)c(O)c1. The molecule has 0 spiro atoms. The quantitative estimate of drug-likeness (QED) is 0.375. The summed E-state index contributed by atoms with van der Waals surface area (Å²) in [7, 11) is 0. The van der Waals surface area contributed by atoms with E-state index in [1.54, 1.807) is 0 Å². The van der Waals surface area contributed by atoms with Gasteiger partial charge in [0.15, 0.2) is 23.0 Å². The van der Waals surface area contributed by atoms with Gasteiger partial charge in [-0.25, -0.2) is 0 Å². The number of rotatable bonds is 5. The van der Waals surface area contributed by atoms with Crippen molar-refractivity contribution in [2.24, 2.45) is 0 Å². The average molecular weight is 318 g/mol. The Morgan fingerprint density at radius 2 is 1.43 bits per heavy atom. The summed E-state index contributed by atoms with van der Waals surface area (Å²) < 4.78 is 5.00. The summed E-state index contributed by atoms with van der Waals surface area (Å²) in [5.74, 6) is -2.81. The predicted octanol–water partition coefficient (Wildman–Crippen LogP) is 1.58. The van der Waals surface area contributed by atoms with E-state index >= 15 is 0 Å². The van der Waals surface area contributed by atoms with Gasteiger partial charge in [0.05, 0.1) is 12.8 Å². The Kier molecular flexibility index (Phi) is 4.70. The second kappa shape index (κ2) is 6.69. The predicted molar refractivity (Wildman–Crippen MR) is 78.6 cm³/mol. The maximum Gasteiger partial charge on any atom is 0.315 e. The van der Waals surface area contributed by atoms with Gasteiger partial charge in [0.25, 0.3) is 0 Å². The Balaban J connectivity index is 2.05. The number of aliphatic carboxylic acids is 1. The zero-order chi connectivity index (χ0) is 17.0. The lowest BCUT2D eigenvalue weighted by atomic mass is 10.1. The number of hydrogen-bond acceptors (Lipinski definition) is 6. The third-order valence-corrected chi connectivity index (χ3v) is 2.99. The molecule has 0 aliphatic rings. The molecule has 0 heterocycles. The Morgan fingerprint density at radius 3 is 2.04 bits per heavy atom. The molecule has 0 unspecified atom stereocenters. The fourth-order valence-corrected chi connectivity index (χ4v) is 1.94. The molecular weight excluding hydrogens is 304 g/mol. The highest BCUT2D eigenvalue weighted by Crippen LogP contribution is 2.28. The topological polar surface area (TPSA) is 124 Å². The molecule has 0 radical (unpaired) electrons. The third-order valence-electron chi connectivity index (χ3n) is 2.99. The van der Waals surface area contributed by atoms with E-state index in [4.69, 9.17) is 9.84 Å². The minimum atomic E-state index is -1.04. The summed E-state index contributed by atoms with van der Waals surface area (Å²) in [6, 6.07) is 7.88. The zero-order valence-corrected chi connectivity index (χ0v) is 11.9. The molecule has 0 amide bonds. The third kappa shape index (κ3) is 4.37. The summed E-state index contributed by atoms with van der Waals surface area (Å²) in [6.07, 6.45) is -0.432. The average Bonchev–Trinajstić information content (AvgIpc) is 2.45. The fraction of sp³-hybridized carbons (Fsp3) is 0.125. The first-order valence-corrected chi connectivity index (χ1v) is 6.60. The number of aromatic hydroxyl groups is 3. The van der Waals surface area contributed by atoms with E-state index in [0.717, 1.165) is 0 Å². The van der Waals surface area contributed by atoms with Crippen LogP contribution in [-0.4, -0.2) is 32.4 Å². The molecule has 7 heteroatoms. The highest BCUT2D eigenvalue weighted by Gasteiger charge is 2.12. The number of benzene rings is 2. The van der Waals surface area contributed by atoms with Crippen molar-refractivity contribution in [1.29, 1.82) is 0 Å². The van der Waals surface area contributed by atoms with Gasteiger partial charge >= 0.3 is 11.9 Å². The van der Waals surface area contributed by atoms with Crippen molar-refractivity contribution in [2.45, 2.75) is 12.8 Å². The molecule has 0 aliphatic carbocycles. The lowest BCUT2D eigenvalue weighted by Crippen LogP contribution is -2.11. The van der Waals surface area contributed by atoms with Crippen molar-refractivity contribution in [1.82, 2.24) is 0 Å². The van der Waals surface area contributed by atoms with Crippen LogP contribution in [-0.2, 0) is 22.4 Å². The first kappa shape index (κ1) is 16.2. The number of carboxylic acids is 1. The molecule has 0 atom stereocenters. The minimum absolute atomic E-state index is 0.0906. The highest BCUT2D eigenvalue weighted by molar-refractivity contribution is 5.76. The Bertz CT molecular complexity index is 752. The number of carboxylic acid groups (broad SMARTS) is 1. The van der Waals surface area contributed by atoms with Crippen LogP contribution in [0.25, 0.3) is 0 Å². The van der Waals surface area contributed by atoms with Gasteiger partial charge in [-0.1, -0.05) is 12.1 Å². The second-order valence-corrected chi connectivity index (χ2v) is 4.85. The van der Waals surface area contributed by atoms with E-state index in [1.807, 2.05) is 0 Å². The maximum absolute atomic E-state index is 11.8. The normalized spacial score (nSPS) is 10.3. The van der Waals surface area contributed by atoms with Crippen LogP contribution in [0.4, 0.5) is 0 Å². The van der Waals surface area contributed by atoms with Gasteiger partial charge in [0.1, 0.15) is 0 Å². The van der Waals surface area contributed by atoms with E-state index in [1.165, 1.54) is 36.4 Å². The molecule has 2 aromatic rings. The number of carbonyl (C=O) groups excluding carboxylic acids is 1. The van der Waals surface area contributed by atoms with Crippen molar-refractivity contribution in [2.75, 3.05) is 0 Å². The molecule has 4 N–H and O–H groups in total. The summed E-state index contributed by atoms with van der Waals surface area (Å²) in [5.41, 5.74) is 0.797. The van der Waals surface area contributed by atoms with Gasteiger partial charge in [-0.15, -0.1) is 0 Å². The monoisotopic (exact) mass is 318 g/mol. The van der Waals surface area contributed by atoms with Gasteiger partial charge in [-0.2, -0.15) is 0 Å². The van der Waals surface area contributed by atoms with E-state index in [9.17, 15) is 24.9 Å². The molecule has 0 aromatic heterocycles. The van der Waals surface area contributed by atoms with Crippen molar-refractivity contribution < 1.29 is 34.8 Å². The lowest BCUT2D eigenvalue weighted by Gasteiger charge is -2.08.